The molecule has 0 aliphatic rings. The van der Waals surface area contributed by atoms with Crippen LogP contribution in [0.25, 0.3) is 11.3 Å². The molecule has 0 amide bonds. The summed E-state index contributed by atoms with van der Waals surface area (Å²) in [5.74, 6) is 0. The third-order valence-corrected chi connectivity index (χ3v) is 4.14. The van der Waals surface area contributed by atoms with Crippen LogP contribution < -0.4 is 0 Å². The van der Waals surface area contributed by atoms with Crippen LogP contribution in [0.1, 0.15) is 5.56 Å². The Morgan fingerprint density at radius 1 is 0.944 bits per heavy atom. The molecule has 18 heavy (non-hydrogen) atoms. The van der Waals surface area contributed by atoms with E-state index in [1.807, 2.05) is 0 Å². The zero-order valence-electron chi connectivity index (χ0n) is 8.80. The highest BCUT2D eigenvalue weighted by molar-refractivity contribution is 9.13. The van der Waals surface area contributed by atoms with Crippen molar-refractivity contribution in [3.8, 4) is 11.3 Å². The predicted molar refractivity (Wildman–Crippen MR) is 70.1 cm³/mol. The number of hydrogen-bond donors (Lipinski definition) is 0. The quantitative estimate of drug-likeness (QED) is 0.654. The summed E-state index contributed by atoms with van der Waals surface area (Å²) in [6.07, 6.45) is -2.72. The van der Waals surface area contributed by atoms with E-state index < -0.39 is 11.7 Å². The van der Waals surface area contributed by atoms with Gasteiger partial charge in [-0.3, -0.25) is 4.98 Å². The van der Waals surface area contributed by atoms with Gasteiger partial charge in [0.2, 0.25) is 0 Å². The summed E-state index contributed by atoms with van der Waals surface area (Å²) in [6.45, 7) is 0. The molecule has 0 fully saturated rings. The minimum absolute atomic E-state index is 0.610. The minimum Gasteiger partial charge on any atom is -0.255 e. The molecule has 0 bridgehead atoms. The standard InChI is InChI=1S/C12H6Br2F3N/c13-9-5-11(18-6-10(9)14)7-1-3-8(4-2-7)12(15,16)17/h1-6H. The second-order valence-corrected chi connectivity index (χ2v) is 5.27. The van der Waals surface area contributed by atoms with E-state index in [1.165, 1.54) is 12.1 Å². The van der Waals surface area contributed by atoms with Gasteiger partial charge in [0.1, 0.15) is 0 Å². The number of alkyl halides is 3. The molecule has 1 heterocycles. The van der Waals surface area contributed by atoms with Crippen molar-refractivity contribution in [1.29, 1.82) is 0 Å². The average Bonchev–Trinajstić information content (AvgIpc) is 2.32. The molecule has 94 valence electrons. The lowest BCUT2D eigenvalue weighted by Crippen LogP contribution is -2.04. The first-order chi connectivity index (χ1) is 8.38. The Morgan fingerprint density at radius 2 is 1.56 bits per heavy atom. The molecule has 0 unspecified atom stereocenters. The van der Waals surface area contributed by atoms with Gasteiger partial charge in [0, 0.05) is 16.2 Å². The van der Waals surface area contributed by atoms with Crippen LogP contribution in [0.4, 0.5) is 13.2 Å². The van der Waals surface area contributed by atoms with Gasteiger partial charge < -0.3 is 0 Å². The van der Waals surface area contributed by atoms with Crippen LogP contribution in [0.15, 0.2) is 45.5 Å². The third kappa shape index (κ3) is 2.92. The van der Waals surface area contributed by atoms with E-state index in [0.29, 0.717) is 11.3 Å². The number of halogens is 5. The second-order valence-electron chi connectivity index (χ2n) is 3.56. The van der Waals surface area contributed by atoms with Crippen molar-refractivity contribution in [2.45, 2.75) is 6.18 Å². The maximum atomic E-state index is 12.4. The Morgan fingerprint density at radius 3 is 2.06 bits per heavy atom. The number of benzene rings is 1. The summed E-state index contributed by atoms with van der Waals surface area (Å²) in [4.78, 5) is 4.14. The summed E-state index contributed by atoms with van der Waals surface area (Å²) in [5.41, 5.74) is 0.581. The molecule has 0 saturated carbocycles. The van der Waals surface area contributed by atoms with E-state index in [9.17, 15) is 13.2 Å². The molecular weight excluding hydrogens is 375 g/mol. The lowest BCUT2D eigenvalue weighted by molar-refractivity contribution is -0.137. The van der Waals surface area contributed by atoms with E-state index in [1.54, 1.807) is 12.3 Å². The smallest absolute Gasteiger partial charge is 0.255 e. The molecule has 2 rings (SSSR count). The zero-order valence-corrected chi connectivity index (χ0v) is 12.0. The van der Waals surface area contributed by atoms with Crippen LogP contribution in [-0.2, 0) is 6.18 Å². The van der Waals surface area contributed by atoms with Crippen molar-refractivity contribution >= 4 is 31.9 Å². The number of nitrogens with zero attached hydrogens (tertiary/aromatic N) is 1. The third-order valence-electron chi connectivity index (χ3n) is 2.32. The Kier molecular flexibility index (Phi) is 3.77. The van der Waals surface area contributed by atoms with E-state index in [0.717, 1.165) is 21.1 Å². The van der Waals surface area contributed by atoms with Crippen molar-refractivity contribution in [3.63, 3.8) is 0 Å². The Labute approximate surface area is 118 Å². The van der Waals surface area contributed by atoms with Crippen molar-refractivity contribution in [2.75, 3.05) is 0 Å². The highest BCUT2D eigenvalue weighted by Crippen LogP contribution is 2.31. The highest BCUT2D eigenvalue weighted by atomic mass is 79.9. The summed E-state index contributed by atoms with van der Waals surface area (Å²) in [6, 6.07) is 6.66. The van der Waals surface area contributed by atoms with Crippen LogP contribution in [0.5, 0.6) is 0 Å². The number of rotatable bonds is 1. The fourth-order valence-electron chi connectivity index (χ4n) is 1.40. The van der Waals surface area contributed by atoms with Crippen LogP contribution in [-0.4, -0.2) is 4.98 Å². The summed E-state index contributed by atoms with van der Waals surface area (Å²) in [5, 5.41) is 0. The minimum atomic E-state index is -4.31. The maximum Gasteiger partial charge on any atom is 0.416 e. The predicted octanol–water partition coefficient (Wildman–Crippen LogP) is 5.29. The van der Waals surface area contributed by atoms with Crippen molar-refractivity contribution in [3.05, 3.63) is 51.0 Å². The molecule has 0 radical (unpaired) electrons. The van der Waals surface area contributed by atoms with Gasteiger partial charge >= 0.3 is 6.18 Å². The SMILES string of the molecule is FC(F)(F)c1ccc(-c2cc(Br)c(Br)cn2)cc1. The van der Waals surface area contributed by atoms with Gasteiger partial charge in [-0.2, -0.15) is 13.2 Å². The van der Waals surface area contributed by atoms with E-state index >= 15 is 0 Å². The second kappa shape index (κ2) is 5.01. The summed E-state index contributed by atoms with van der Waals surface area (Å²) < 4.78 is 38.8. The lowest BCUT2D eigenvalue weighted by atomic mass is 10.1. The molecule has 0 spiro atoms. The van der Waals surface area contributed by atoms with E-state index in [4.69, 9.17) is 0 Å². The Balaban J connectivity index is 2.37. The van der Waals surface area contributed by atoms with Crippen LogP contribution in [0.2, 0.25) is 0 Å². The molecule has 1 aromatic carbocycles. The molecule has 2 aromatic rings. The van der Waals surface area contributed by atoms with Gasteiger partial charge in [0.05, 0.1) is 15.7 Å². The van der Waals surface area contributed by atoms with Gasteiger partial charge in [0.15, 0.2) is 0 Å². The van der Waals surface area contributed by atoms with Gasteiger partial charge in [-0.25, -0.2) is 0 Å². The van der Waals surface area contributed by atoms with Crippen molar-refractivity contribution in [2.24, 2.45) is 0 Å². The fourth-order valence-corrected chi connectivity index (χ4v) is 1.94. The zero-order chi connectivity index (χ0) is 13.3. The molecule has 1 nitrogen and oxygen atoms in total. The van der Waals surface area contributed by atoms with Crippen molar-refractivity contribution < 1.29 is 13.2 Å². The van der Waals surface area contributed by atoms with Gasteiger partial charge in [-0.1, -0.05) is 12.1 Å². The molecule has 0 atom stereocenters. The van der Waals surface area contributed by atoms with E-state index in [2.05, 4.69) is 36.8 Å². The molecule has 1 aromatic heterocycles. The monoisotopic (exact) mass is 379 g/mol. The highest BCUT2D eigenvalue weighted by Gasteiger charge is 2.29. The number of aromatic nitrogens is 1. The average molecular weight is 381 g/mol. The topological polar surface area (TPSA) is 12.9 Å². The molecular formula is C12H6Br2F3N. The molecule has 0 N–H and O–H groups in total. The van der Waals surface area contributed by atoms with Gasteiger partial charge in [-0.15, -0.1) is 0 Å². The van der Waals surface area contributed by atoms with Crippen LogP contribution in [0.3, 0.4) is 0 Å². The van der Waals surface area contributed by atoms with E-state index in [-0.39, 0.29) is 0 Å². The number of hydrogen-bond acceptors (Lipinski definition) is 1. The van der Waals surface area contributed by atoms with Crippen molar-refractivity contribution in [1.82, 2.24) is 4.98 Å². The maximum absolute atomic E-state index is 12.4. The number of pyridine rings is 1. The summed E-state index contributed by atoms with van der Waals surface area (Å²) >= 11 is 6.60. The Hall–Kier alpha value is -0.880. The largest absolute Gasteiger partial charge is 0.416 e. The van der Waals surface area contributed by atoms with Gasteiger partial charge in [0.25, 0.3) is 0 Å². The first-order valence-electron chi connectivity index (χ1n) is 4.86. The molecule has 6 heteroatoms. The van der Waals surface area contributed by atoms with Crippen LogP contribution >= 0.6 is 31.9 Å². The first-order valence-corrected chi connectivity index (χ1v) is 6.45. The fraction of sp³-hybridized carbons (Fsp3) is 0.0833. The normalized spacial score (nSPS) is 11.6. The van der Waals surface area contributed by atoms with Crippen LogP contribution in [0, 0.1) is 0 Å². The molecule has 0 saturated heterocycles. The summed E-state index contributed by atoms with van der Waals surface area (Å²) in [7, 11) is 0. The van der Waals surface area contributed by atoms with Gasteiger partial charge in [-0.05, 0) is 50.1 Å². The molecule has 0 aliphatic carbocycles. The lowest BCUT2D eigenvalue weighted by Gasteiger charge is -2.07. The first kappa shape index (κ1) is 13.5. The Bertz CT molecular complexity index is 565. The molecule has 0 aliphatic heterocycles.